The van der Waals surface area contributed by atoms with Crippen LogP contribution in [0.5, 0.6) is 0 Å². The molecule has 0 aliphatic rings. The number of carbonyl (C=O) groups excluding carboxylic acids is 1. The molecule has 1 amide bonds. The molecule has 92 valence electrons. The number of halogens is 1. The number of carbonyl (C=O) groups is 1. The normalized spacial score (nSPS) is 10.8. The Morgan fingerprint density at radius 2 is 1.94 bits per heavy atom. The highest BCUT2D eigenvalue weighted by Gasteiger charge is 2.01. The number of aryl methyl sites for hydroxylation is 2. The maximum Gasteiger partial charge on any atom is 0.216 e. The van der Waals surface area contributed by atoms with Gasteiger partial charge in [0.05, 0.1) is 0 Å². The van der Waals surface area contributed by atoms with Crippen LogP contribution in [0.25, 0.3) is 6.08 Å². The molecule has 2 nitrogen and oxygen atoms in total. The van der Waals surface area contributed by atoms with Gasteiger partial charge in [-0.3, -0.25) is 4.79 Å². The Labute approximate surface area is 102 Å². The number of benzene rings is 1. The van der Waals surface area contributed by atoms with Gasteiger partial charge >= 0.3 is 0 Å². The summed E-state index contributed by atoms with van der Waals surface area (Å²) in [5.41, 5.74) is 2.31. The highest BCUT2D eigenvalue weighted by molar-refractivity contribution is 5.72. The summed E-state index contributed by atoms with van der Waals surface area (Å²) in [6.45, 7) is 5.65. The minimum atomic E-state index is -0.139. The molecular weight excluding hydrogens is 217 g/mol. The van der Waals surface area contributed by atoms with E-state index in [1.165, 1.54) is 6.92 Å². The van der Waals surface area contributed by atoms with Crippen LogP contribution in [0.3, 0.4) is 0 Å². The van der Waals surface area contributed by atoms with Crippen LogP contribution in [0, 0.1) is 19.7 Å². The Balaban J connectivity index is 2.57. The van der Waals surface area contributed by atoms with Gasteiger partial charge in [0, 0.05) is 13.5 Å². The molecule has 0 fully saturated rings. The van der Waals surface area contributed by atoms with Crippen molar-refractivity contribution < 1.29 is 9.18 Å². The SMILES string of the molecule is CC(=O)NCCC=Cc1cc(C)c(F)c(C)c1. The average molecular weight is 235 g/mol. The minimum absolute atomic E-state index is 0.0214. The molecule has 1 N–H and O–H groups in total. The number of rotatable bonds is 4. The van der Waals surface area contributed by atoms with Crippen molar-refractivity contribution in [2.24, 2.45) is 0 Å². The van der Waals surface area contributed by atoms with Crippen LogP contribution in [0.15, 0.2) is 18.2 Å². The van der Waals surface area contributed by atoms with Crippen LogP contribution in [0.1, 0.15) is 30.0 Å². The third kappa shape index (κ3) is 4.39. The summed E-state index contributed by atoms with van der Waals surface area (Å²) in [4.78, 5) is 10.6. The van der Waals surface area contributed by atoms with Gasteiger partial charge in [-0.2, -0.15) is 0 Å². The highest BCUT2D eigenvalue weighted by Crippen LogP contribution is 2.15. The van der Waals surface area contributed by atoms with E-state index >= 15 is 0 Å². The van der Waals surface area contributed by atoms with E-state index in [1.54, 1.807) is 13.8 Å². The zero-order valence-electron chi connectivity index (χ0n) is 10.5. The molecule has 0 aliphatic heterocycles. The van der Waals surface area contributed by atoms with Gasteiger partial charge < -0.3 is 5.32 Å². The maximum atomic E-state index is 13.4. The lowest BCUT2D eigenvalue weighted by Crippen LogP contribution is -2.20. The zero-order valence-corrected chi connectivity index (χ0v) is 10.5. The molecule has 17 heavy (non-hydrogen) atoms. The molecule has 0 saturated carbocycles. The maximum absolute atomic E-state index is 13.4. The Hall–Kier alpha value is -1.64. The molecule has 0 spiro atoms. The smallest absolute Gasteiger partial charge is 0.216 e. The minimum Gasteiger partial charge on any atom is -0.356 e. The van der Waals surface area contributed by atoms with Gasteiger partial charge in [-0.05, 0) is 49.1 Å². The predicted octanol–water partition coefficient (Wildman–Crippen LogP) is 2.98. The van der Waals surface area contributed by atoms with Crippen LogP contribution in [-0.4, -0.2) is 12.5 Å². The van der Waals surface area contributed by atoms with Crippen LogP contribution in [0.4, 0.5) is 4.39 Å². The first kappa shape index (κ1) is 13.4. The lowest BCUT2D eigenvalue weighted by molar-refractivity contribution is -0.118. The van der Waals surface area contributed by atoms with Gasteiger partial charge in [0.2, 0.25) is 5.91 Å². The first-order valence-electron chi connectivity index (χ1n) is 5.68. The van der Waals surface area contributed by atoms with Crippen molar-refractivity contribution in [1.29, 1.82) is 0 Å². The number of amides is 1. The number of hydrogen-bond acceptors (Lipinski definition) is 1. The highest BCUT2D eigenvalue weighted by atomic mass is 19.1. The van der Waals surface area contributed by atoms with Crippen molar-refractivity contribution in [1.82, 2.24) is 5.32 Å². The van der Waals surface area contributed by atoms with Crippen molar-refractivity contribution in [3.8, 4) is 0 Å². The summed E-state index contributed by atoms with van der Waals surface area (Å²) < 4.78 is 13.4. The molecule has 0 unspecified atom stereocenters. The average Bonchev–Trinajstić information content (AvgIpc) is 2.25. The first-order valence-corrected chi connectivity index (χ1v) is 5.68. The molecule has 0 heterocycles. The summed E-state index contributed by atoms with van der Waals surface area (Å²) in [5, 5.41) is 2.71. The van der Waals surface area contributed by atoms with Crippen LogP contribution >= 0.6 is 0 Å². The monoisotopic (exact) mass is 235 g/mol. The summed E-state index contributed by atoms with van der Waals surface area (Å²) >= 11 is 0. The second-order valence-corrected chi connectivity index (χ2v) is 4.14. The van der Waals surface area contributed by atoms with E-state index < -0.39 is 0 Å². The van der Waals surface area contributed by atoms with Gasteiger partial charge in [-0.15, -0.1) is 0 Å². The molecule has 3 heteroatoms. The molecule has 1 aromatic rings. The van der Waals surface area contributed by atoms with Gasteiger partial charge in [0.25, 0.3) is 0 Å². The first-order chi connectivity index (χ1) is 8.00. The van der Waals surface area contributed by atoms with E-state index in [9.17, 15) is 9.18 Å². The van der Waals surface area contributed by atoms with Crippen LogP contribution in [-0.2, 0) is 4.79 Å². The van der Waals surface area contributed by atoms with Crippen molar-refractivity contribution in [2.75, 3.05) is 6.54 Å². The summed E-state index contributed by atoms with van der Waals surface area (Å²) in [6, 6.07) is 3.63. The van der Waals surface area contributed by atoms with E-state index in [-0.39, 0.29) is 11.7 Å². The van der Waals surface area contributed by atoms with Crippen molar-refractivity contribution in [2.45, 2.75) is 27.2 Å². The Bertz CT molecular complexity index is 415. The molecule has 0 bridgehead atoms. The number of hydrogen-bond donors (Lipinski definition) is 1. The van der Waals surface area contributed by atoms with E-state index in [2.05, 4.69) is 5.32 Å². The van der Waals surface area contributed by atoms with Crippen LogP contribution < -0.4 is 5.32 Å². The molecule has 0 saturated heterocycles. The fourth-order valence-electron chi connectivity index (χ4n) is 1.63. The van der Waals surface area contributed by atoms with Crippen molar-refractivity contribution in [3.05, 3.63) is 40.7 Å². The molecule has 0 aliphatic carbocycles. The Kier molecular flexibility index (Phi) is 4.88. The lowest BCUT2D eigenvalue weighted by Gasteiger charge is -2.03. The van der Waals surface area contributed by atoms with Crippen LogP contribution in [0.2, 0.25) is 0 Å². The van der Waals surface area contributed by atoms with Gasteiger partial charge in [-0.25, -0.2) is 4.39 Å². The topological polar surface area (TPSA) is 29.1 Å². The van der Waals surface area contributed by atoms with Crippen molar-refractivity contribution in [3.63, 3.8) is 0 Å². The van der Waals surface area contributed by atoms with Gasteiger partial charge in [-0.1, -0.05) is 12.2 Å². The Morgan fingerprint density at radius 1 is 1.35 bits per heavy atom. The fraction of sp³-hybridized carbons (Fsp3) is 0.357. The van der Waals surface area contributed by atoms with E-state index in [0.717, 1.165) is 12.0 Å². The summed E-state index contributed by atoms with van der Waals surface area (Å²) in [5.74, 6) is -0.160. The lowest BCUT2D eigenvalue weighted by atomic mass is 10.1. The van der Waals surface area contributed by atoms with Gasteiger partial charge in [0.1, 0.15) is 5.82 Å². The molecular formula is C14H18FNO. The van der Waals surface area contributed by atoms with E-state index in [1.807, 2.05) is 24.3 Å². The summed E-state index contributed by atoms with van der Waals surface area (Å²) in [7, 11) is 0. The third-order valence-electron chi connectivity index (χ3n) is 2.45. The fourth-order valence-corrected chi connectivity index (χ4v) is 1.63. The van der Waals surface area contributed by atoms with E-state index in [0.29, 0.717) is 17.7 Å². The largest absolute Gasteiger partial charge is 0.356 e. The number of nitrogens with one attached hydrogen (secondary N) is 1. The van der Waals surface area contributed by atoms with Crippen molar-refractivity contribution >= 4 is 12.0 Å². The molecule has 1 rings (SSSR count). The molecule has 0 radical (unpaired) electrons. The molecule has 0 atom stereocenters. The third-order valence-corrected chi connectivity index (χ3v) is 2.45. The van der Waals surface area contributed by atoms with E-state index in [4.69, 9.17) is 0 Å². The standard InChI is InChI=1S/C14H18FNO/c1-10-8-13(9-11(2)14(10)15)6-4-5-7-16-12(3)17/h4,6,8-9H,5,7H2,1-3H3,(H,16,17). The second kappa shape index (κ2) is 6.18. The molecule has 1 aromatic carbocycles. The zero-order chi connectivity index (χ0) is 12.8. The van der Waals surface area contributed by atoms with Gasteiger partial charge in [0.15, 0.2) is 0 Å². The molecule has 0 aromatic heterocycles. The predicted molar refractivity (Wildman–Crippen MR) is 68.2 cm³/mol. The summed E-state index contributed by atoms with van der Waals surface area (Å²) in [6.07, 6.45) is 4.69. The second-order valence-electron chi connectivity index (χ2n) is 4.14. The quantitative estimate of drug-likeness (QED) is 0.799. The Morgan fingerprint density at radius 3 is 2.47 bits per heavy atom.